The highest BCUT2D eigenvalue weighted by Crippen LogP contribution is 2.43. The number of hydrogen-bond acceptors (Lipinski definition) is 7. The Bertz CT molecular complexity index is 654. The maximum atomic E-state index is 13.0. The van der Waals surface area contributed by atoms with Crippen molar-refractivity contribution in [3.63, 3.8) is 0 Å². The molecule has 0 aromatic heterocycles. The molecule has 13 heteroatoms. The van der Waals surface area contributed by atoms with Gasteiger partial charge in [0.15, 0.2) is 0 Å². The second-order valence-electron chi connectivity index (χ2n) is 6.82. The van der Waals surface area contributed by atoms with Gasteiger partial charge in [0.05, 0.1) is 13.1 Å². The summed E-state index contributed by atoms with van der Waals surface area (Å²) in [5.74, 6) is -4.65. The molecule has 0 radical (unpaired) electrons. The summed E-state index contributed by atoms with van der Waals surface area (Å²) < 4.78 is 11.7. The van der Waals surface area contributed by atoms with Gasteiger partial charge in [-0.25, -0.2) is 0 Å². The lowest BCUT2D eigenvalue weighted by Crippen LogP contribution is -2.57. The highest BCUT2D eigenvalue weighted by atomic mass is 31.2. The third-order valence-corrected chi connectivity index (χ3v) is 5.51. The van der Waals surface area contributed by atoms with Crippen molar-refractivity contribution in [2.45, 2.75) is 64.3 Å². The molecule has 0 fully saturated rings. The minimum atomic E-state index is -4.82. The molecule has 0 spiro atoms. The van der Waals surface area contributed by atoms with Crippen LogP contribution in [0.15, 0.2) is 0 Å². The Balaban J connectivity index is 5.76. The molecule has 0 aliphatic rings. The highest BCUT2D eigenvalue weighted by molar-refractivity contribution is 7.52. The van der Waals surface area contributed by atoms with Gasteiger partial charge < -0.3 is 31.5 Å². The molecular weight excluding hydrogens is 417 g/mol. The molecule has 0 aliphatic heterocycles. The maximum absolute atomic E-state index is 13.0. The topological polar surface area (TPSA) is 191 Å². The number of rotatable bonds is 13. The summed E-state index contributed by atoms with van der Waals surface area (Å²) in [6, 6.07) is -2.13. The van der Waals surface area contributed by atoms with Crippen LogP contribution in [-0.2, 0) is 23.7 Å². The summed E-state index contributed by atoms with van der Waals surface area (Å²) in [5, 5.41) is 7.52. The summed E-state index contributed by atoms with van der Waals surface area (Å²) in [6.45, 7) is 3.99. The van der Waals surface area contributed by atoms with Crippen molar-refractivity contribution in [1.82, 2.24) is 20.9 Å². The summed E-state index contributed by atoms with van der Waals surface area (Å²) in [6.07, 6.45) is 1.44. The molecule has 7 N–H and O–H groups in total. The number of carbonyl (C=O) groups excluding carboxylic acids is 4. The second-order valence-corrected chi connectivity index (χ2v) is 8.74. The summed E-state index contributed by atoms with van der Waals surface area (Å²) in [5.41, 5.74) is 5.27. The van der Waals surface area contributed by atoms with E-state index in [2.05, 4.69) is 16.0 Å². The average Bonchev–Trinajstić information content (AvgIpc) is 2.66. The zero-order valence-corrected chi connectivity index (χ0v) is 18.8. The summed E-state index contributed by atoms with van der Waals surface area (Å²) in [4.78, 5) is 69.2. The Kier molecular flexibility index (Phi) is 12.6. The average molecular weight is 451 g/mol. The van der Waals surface area contributed by atoms with E-state index in [1.54, 1.807) is 6.92 Å². The zero-order chi connectivity index (χ0) is 23.5. The first-order valence-electron chi connectivity index (χ1n) is 9.79. The molecule has 0 heterocycles. The van der Waals surface area contributed by atoms with E-state index in [1.807, 2.05) is 6.92 Å². The first-order valence-corrected chi connectivity index (χ1v) is 11.5. The van der Waals surface area contributed by atoms with E-state index in [-0.39, 0.29) is 19.5 Å². The lowest BCUT2D eigenvalue weighted by molar-refractivity contribution is -0.148. The van der Waals surface area contributed by atoms with Crippen LogP contribution in [0.1, 0.15) is 46.5 Å². The number of nitrogens with zero attached hydrogens (tertiary/aromatic N) is 1. The lowest BCUT2D eigenvalue weighted by atomic mass is 10.1. The molecule has 0 bridgehead atoms. The Morgan fingerprint density at radius 2 is 1.57 bits per heavy atom. The van der Waals surface area contributed by atoms with Gasteiger partial charge in [-0.15, -0.1) is 0 Å². The van der Waals surface area contributed by atoms with Crippen molar-refractivity contribution in [3.05, 3.63) is 0 Å². The molecule has 0 saturated carbocycles. The predicted molar refractivity (Wildman–Crippen MR) is 110 cm³/mol. The molecule has 0 aromatic rings. The monoisotopic (exact) mass is 451 g/mol. The van der Waals surface area contributed by atoms with Gasteiger partial charge in [0, 0.05) is 0 Å². The maximum Gasteiger partial charge on any atom is 0.348 e. The first kappa shape index (κ1) is 28.1. The number of likely N-dealkylation sites (N-methyl/N-ethyl adjacent to an activating group) is 1. The van der Waals surface area contributed by atoms with Crippen LogP contribution in [0.3, 0.4) is 0 Å². The van der Waals surface area contributed by atoms with E-state index in [9.17, 15) is 33.5 Å². The van der Waals surface area contributed by atoms with Crippen molar-refractivity contribution in [1.29, 1.82) is 0 Å². The van der Waals surface area contributed by atoms with Crippen LogP contribution in [0.25, 0.3) is 0 Å². The molecule has 0 rings (SSSR count). The second kappa shape index (κ2) is 13.5. The van der Waals surface area contributed by atoms with E-state index in [0.717, 1.165) is 6.92 Å². The SMILES string of the molecule is CCC[C@H](NC(=O)CN)C(=O)N[C@@H](CCC)C(=O)N(C(=O)CNC)[C@@H](C)P(=O)(O)O. The number of nitrogens with two attached hydrogens (primary N) is 1. The number of nitrogens with one attached hydrogen (secondary N) is 3. The van der Waals surface area contributed by atoms with E-state index in [0.29, 0.717) is 24.2 Å². The van der Waals surface area contributed by atoms with Crippen molar-refractivity contribution in [2.24, 2.45) is 5.73 Å². The zero-order valence-electron chi connectivity index (χ0n) is 17.9. The number of imide groups is 1. The quantitative estimate of drug-likeness (QED) is 0.183. The van der Waals surface area contributed by atoms with Gasteiger partial charge in [-0.1, -0.05) is 26.7 Å². The van der Waals surface area contributed by atoms with Crippen LogP contribution in [-0.4, -0.2) is 76.3 Å². The highest BCUT2D eigenvalue weighted by Gasteiger charge is 2.40. The van der Waals surface area contributed by atoms with Crippen LogP contribution >= 0.6 is 7.60 Å². The molecule has 12 nitrogen and oxygen atoms in total. The van der Waals surface area contributed by atoms with Crippen LogP contribution in [0.4, 0.5) is 0 Å². The smallest absolute Gasteiger partial charge is 0.343 e. The van der Waals surface area contributed by atoms with E-state index in [1.165, 1.54) is 7.05 Å². The molecule has 0 aromatic carbocycles. The van der Waals surface area contributed by atoms with Crippen molar-refractivity contribution in [3.8, 4) is 0 Å². The molecule has 0 aliphatic carbocycles. The largest absolute Gasteiger partial charge is 0.348 e. The molecule has 0 saturated heterocycles. The fraction of sp³-hybridized carbons (Fsp3) is 0.765. The van der Waals surface area contributed by atoms with Crippen molar-refractivity contribution in [2.75, 3.05) is 20.1 Å². The normalized spacial score (nSPS) is 14.4. The Hall–Kier alpha value is -1.85. The Morgan fingerprint density at radius 3 is 2.00 bits per heavy atom. The van der Waals surface area contributed by atoms with Gasteiger partial charge in [0.1, 0.15) is 17.9 Å². The van der Waals surface area contributed by atoms with Crippen LogP contribution in [0, 0.1) is 0 Å². The number of hydrogen-bond donors (Lipinski definition) is 6. The summed E-state index contributed by atoms with van der Waals surface area (Å²) >= 11 is 0. The molecule has 30 heavy (non-hydrogen) atoms. The lowest BCUT2D eigenvalue weighted by Gasteiger charge is -2.32. The number of carbonyl (C=O) groups is 4. The van der Waals surface area contributed by atoms with E-state index in [4.69, 9.17) is 5.73 Å². The Morgan fingerprint density at radius 1 is 1.03 bits per heavy atom. The molecule has 174 valence electrons. The van der Waals surface area contributed by atoms with Crippen LogP contribution in [0.5, 0.6) is 0 Å². The fourth-order valence-electron chi connectivity index (χ4n) is 2.70. The van der Waals surface area contributed by atoms with Gasteiger partial charge in [-0.2, -0.15) is 0 Å². The van der Waals surface area contributed by atoms with E-state index >= 15 is 0 Å². The minimum Gasteiger partial charge on any atom is -0.343 e. The van der Waals surface area contributed by atoms with Crippen molar-refractivity contribution >= 4 is 31.2 Å². The standard InChI is InChI=1S/C17H34N5O7P/c1-5-7-12(20-14(23)9-18)16(25)21-13(8-6-2)17(26)22(15(24)10-19-4)11(3)30(27,28)29/h11-13,19H,5-10,18H2,1-4H3,(H,20,23)(H,21,25)(H2,27,28,29)/t11-,12+,13+/m1/s1. The van der Waals surface area contributed by atoms with Gasteiger partial charge in [-0.3, -0.25) is 28.6 Å². The minimum absolute atomic E-state index is 0.130. The van der Waals surface area contributed by atoms with E-state index < -0.39 is 49.1 Å². The predicted octanol–water partition coefficient (Wildman–Crippen LogP) is -1.39. The number of amides is 4. The molecular formula is C17H34N5O7P. The Labute approximate surface area is 176 Å². The van der Waals surface area contributed by atoms with Gasteiger partial charge >= 0.3 is 7.60 Å². The van der Waals surface area contributed by atoms with Crippen LogP contribution in [0.2, 0.25) is 0 Å². The van der Waals surface area contributed by atoms with Crippen molar-refractivity contribution < 1.29 is 33.5 Å². The van der Waals surface area contributed by atoms with Gasteiger partial charge in [-0.05, 0) is 26.8 Å². The fourth-order valence-corrected chi connectivity index (χ4v) is 3.24. The van der Waals surface area contributed by atoms with Gasteiger partial charge in [0.2, 0.25) is 17.7 Å². The first-order chi connectivity index (χ1) is 13.9. The van der Waals surface area contributed by atoms with Crippen LogP contribution < -0.4 is 21.7 Å². The summed E-state index contributed by atoms with van der Waals surface area (Å²) in [7, 11) is -3.37. The molecule has 4 amide bonds. The third kappa shape index (κ3) is 8.88. The molecule has 0 unspecified atom stereocenters. The van der Waals surface area contributed by atoms with Gasteiger partial charge in [0.25, 0.3) is 5.91 Å². The third-order valence-electron chi connectivity index (χ3n) is 4.30. The molecule has 3 atom stereocenters.